The number of rotatable bonds is 6. The number of hydrogen-bond donors (Lipinski definition) is 2. The molecule has 6 nitrogen and oxygen atoms in total. The second-order valence-corrected chi connectivity index (χ2v) is 8.76. The molecule has 0 bridgehead atoms. The van der Waals surface area contributed by atoms with Gasteiger partial charge >= 0.3 is 0 Å². The van der Waals surface area contributed by atoms with Gasteiger partial charge < -0.3 is 15.2 Å². The smallest absolute Gasteiger partial charge is 0.253 e. The molecular weight excluding hydrogens is 402 g/mol. The first-order chi connectivity index (χ1) is 14.2. The van der Waals surface area contributed by atoms with Crippen molar-refractivity contribution in [3.63, 3.8) is 0 Å². The number of pyridine rings is 1. The number of aromatic nitrogens is 1. The molecule has 3 rings (SSSR count). The van der Waals surface area contributed by atoms with E-state index in [9.17, 15) is 14.4 Å². The Labute approximate surface area is 181 Å². The Kier molecular flexibility index (Phi) is 6.66. The quantitative estimate of drug-likeness (QED) is 0.739. The number of nitrogens with one attached hydrogen (secondary N) is 2. The van der Waals surface area contributed by atoms with Gasteiger partial charge in [-0.1, -0.05) is 23.7 Å². The summed E-state index contributed by atoms with van der Waals surface area (Å²) < 4.78 is 1.36. The molecule has 7 heteroatoms. The molecule has 1 aliphatic rings. The Balaban J connectivity index is 1.70. The fourth-order valence-corrected chi connectivity index (χ4v) is 4.10. The number of hydrogen-bond acceptors (Lipinski definition) is 3. The van der Waals surface area contributed by atoms with Crippen molar-refractivity contribution in [2.24, 2.45) is 0 Å². The highest BCUT2D eigenvalue weighted by Crippen LogP contribution is 2.37. The summed E-state index contributed by atoms with van der Waals surface area (Å²) >= 11 is 5.95. The van der Waals surface area contributed by atoms with Crippen LogP contribution in [0.1, 0.15) is 59.8 Å². The first-order valence-electron chi connectivity index (χ1n) is 10.2. The molecule has 0 atom stereocenters. The van der Waals surface area contributed by atoms with E-state index in [1.54, 1.807) is 13.8 Å². The number of carbonyl (C=O) groups excluding carboxylic acids is 2. The van der Waals surface area contributed by atoms with Gasteiger partial charge in [-0.05, 0) is 69.7 Å². The van der Waals surface area contributed by atoms with Crippen LogP contribution in [0, 0.1) is 13.8 Å². The fourth-order valence-electron chi connectivity index (χ4n) is 3.97. The van der Waals surface area contributed by atoms with Crippen LogP contribution < -0.4 is 16.2 Å². The second-order valence-electron chi connectivity index (χ2n) is 8.32. The monoisotopic (exact) mass is 429 g/mol. The Morgan fingerprint density at radius 2 is 1.80 bits per heavy atom. The molecule has 2 N–H and O–H groups in total. The van der Waals surface area contributed by atoms with Crippen LogP contribution in [-0.2, 0) is 11.3 Å². The van der Waals surface area contributed by atoms with Gasteiger partial charge in [-0.25, -0.2) is 0 Å². The van der Waals surface area contributed by atoms with Crippen molar-refractivity contribution in [3.8, 4) is 0 Å². The lowest BCUT2D eigenvalue weighted by Crippen LogP contribution is -2.44. The fraction of sp³-hybridized carbons (Fsp3) is 0.435. The molecule has 1 saturated carbocycles. The van der Waals surface area contributed by atoms with Crippen molar-refractivity contribution in [2.45, 2.75) is 65.1 Å². The summed E-state index contributed by atoms with van der Waals surface area (Å²) in [6, 6.07) is 9.30. The van der Waals surface area contributed by atoms with Gasteiger partial charge in [0.25, 0.3) is 11.5 Å². The van der Waals surface area contributed by atoms with E-state index >= 15 is 0 Å². The number of halogens is 1. The van der Waals surface area contributed by atoms with Gasteiger partial charge in [0, 0.05) is 28.9 Å². The molecule has 30 heavy (non-hydrogen) atoms. The first kappa shape index (κ1) is 22.1. The van der Waals surface area contributed by atoms with E-state index in [-0.39, 0.29) is 36.0 Å². The van der Waals surface area contributed by atoms with Crippen molar-refractivity contribution in [1.82, 2.24) is 15.2 Å². The molecule has 160 valence electrons. The van der Waals surface area contributed by atoms with E-state index in [1.807, 2.05) is 38.1 Å². The molecule has 1 fully saturated rings. The molecule has 0 spiro atoms. The van der Waals surface area contributed by atoms with Crippen molar-refractivity contribution in [1.29, 1.82) is 0 Å². The average Bonchev–Trinajstić information content (AvgIpc) is 2.61. The summed E-state index contributed by atoms with van der Waals surface area (Å²) in [6.45, 7) is 7.07. The van der Waals surface area contributed by atoms with Crippen molar-refractivity contribution in [2.75, 3.05) is 0 Å². The molecule has 0 radical (unpaired) electrons. The normalized spacial score (nSPS) is 18.1. The molecular formula is C23H28ClN3O3. The third-order valence-corrected chi connectivity index (χ3v) is 5.81. The van der Waals surface area contributed by atoms with E-state index in [4.69, 9.17) is 11.6 Å². The Bertz CT molecular complexity index is 1010. The standard InChI is InChI=1S/C23H28ClN3O3/c1-13(2)25-20(28)12-27-15(4)22(14(3)9-21(27)29)23(30)26-19-10-17(11-19)16-5-7-18(24)8-6-16/h5-9,13,17,19H,10-12H2,1-4H3,(H,25,28)(H,26,30). The van der Waals surface area contributed by atoms with Gasteiger partial charge in [0.15, 0.2) is 0 Å². The number of amides is 2. The molecule has 0 unspecified atom stereocenters. The molecule has 1 aliphatic carbocycles. The molecule has 0 aliphatic heterocycles. The largest absolute Gasteiger partial charge is 0.352 e. The summed E-state index contributed by atoms with van der Waals surface area (Å²) in [7, 11) is 0. The van der Waals surface area contributed by atoms with Crippen LogP contribution >= 0.6 is 11.6 Å². The van der Waals surface area contributed by atoms with Gasteiger partial charge in [-0.2, -0.15) is 0 Å². The minimum Gasteiger partial charge on any atom is -0.352 e. The molecule has 2 amide bonds. The SMILES string of the molecule is Cc1cc(=O)n(CC(=O)NC(C)C)c(C)c1C(=O)NC1CC(c2ccc(Cl)cc2)C1. The van der Waals surface area contributed by atoms with E-state index in [0.29, 0.717) is 27.8 Å². The minimum absolute atomic E-state index is 0.0195. The van der Waals surface area contributed by atoms with Gasteiger partial charge in [0.2, 0.25) is 5.91 Å². The maximum absolute atomic E-state index is 13.0. The van der Waals surface area contributed by atoms with Crippen LogP contribution in [0.15, 0.2) is 35.1 Å². The lowest BCUT2D eigenvalue weighted by atomic mass is 9.76. The van der Waals surface area contributed by atoms with Gasteiger partial charge in [-0.15, -0.1) is 0 Å². The van der Waals surface area contributed by atoms with Crippen LogP contribution in [0.3, 0.4) is 0 Å². The highest BCUT2D eigenvalue weighted by Gasteiger charge is 2.32. The predicted octanol–water partition coefficient (Wildman–Crippen LogP) is 3.32. The number of aryl methyl sites for hydroxylation is 1. The topological polar surface area (TPSA) is 80.2 Å². The van der Waals surface area contributed by atoms with Gasteiger partial charge in [0.1, 0.15) is 6.54 Å². The van der Waals surface area contributed by atoms with E-state index in [1.165, 1.54) is 16.2 Å². The summed E-state index contributed by atoms with van der Waals surface area (Å²) in [6.07, 6.45) is 1.73. The maximum atomic E-state index is 13.0. The van der Waals surface area contributed by atoms with Crippen LogP contribution in [0.4, 0.5) is 0 Å². The Hall–Kier alpha value is -2.60. The van der Waals surface area contributed by atoms with Crippen molar-refractivity contribution in [3.05, 3.63) is 68.1 Å². The van der Waals surface area contributed by atoms with Crippen LogP contribution in [0.5, 0.6) is 0 Å². The first-order valence-corrected chi connectivity index (χ1v) is 10.6. The highest BCUT2D eigenvalue weighted by molar-refractivity contribution is 6.30. The summed E-state index contributed by atoms with van der Waals surface area (Å²) in [5.41, 5.74) is 2.52. The zero-order chi connectivity index (χ0) is 22.0. The third-order valence-electron chi connectivity index (χ3n) is 5.56. The molecule has 1 heterocycles. The second kappa shape index (κ2) is 9.04. The lowest BCUT2D eigenvalue weighted by Gasteiger charge is -2.36. The van der Waals surface area contributed by atoms with Crippen LogP contribution in [0.25, 0.3) is 0 Å². The molecule has 1 aromatic heterocycles. The average molecular weight is 430 g/mol. The summed E-state index contributed by atoms with van der Waals surface area (Å²) in [5, 5.41) is 6.57. The zero-order valence-electron chi connectivity index (χ0n) is 17.8. The van der Waals surface area contributed by atoms with Gasteiger partial charge in [-0.3, -0.25) is 14.4 Å². The number of carbonyl (C=O) groups is 2. The van der Waals surface area contributed by atoms with Crippen LogP contribution in [0.2, 0.25) is 5.02 Å². The highest BCUT2D eigenvalue weighted by atomic mass is 35.5. The van der Waals surface area contributed by atoms with E-state index in [0.717, 1.165) is 12.8 Å². The molecule has 0 saturated heterocycles. The van der Waals surface area contributed by atoms with Crippen LogP contribution in [-0.4, -0.2) is 28.5 Å². The maximum Gasteiger partial charge on any atom is 0.253 e. The van der Waals surface area contributed by atoms with Gasteiger partial charge in [0.05, 0.1) is 5.56 Å². The Morgan fingerprint density at radius 3 is 2.40 bits per heavy atom. The van der Waals surface area contributed by atoms with Crippen molar-refractivity contribution >= 4 is 23.4 Å². The molecule has 1 aromatic carbocycles. The summed E-state index contributed by atoms with van der Waals surface area (Å²) in [5.74, 6) is -0.0544. The number of nitrogens with zero attached hydrogens (tertiary/aromatic N) is 1. The summed E-state index contributed by atoms with van der Waals surface area (Å²) in [4.78, 5) is 37.5. The van der Waals surface area contributed by atoms with E-state index in [2.05, 4.69) is 10.6 Å². The lowest BCUT2D eigenvalue weighted by molar-refractivity contribution is -0.122. The minimum atomic E-state index is -0.285. The zero-order valence-corrected chi connectivity index (χ0v) is 18.5. The predicted molar refractivity (Wildman–Crippen MR) is 118 cm³/mol. The van der Waals surface area contributed by atoms with Crippen molar-refractivity contribution < 1.29 is 9.59 Å². The molecule has 2 aromatic rings. The number of benzene rings is 1. The van der Waals surface area contributed by atoms with E-state index < -0.39 is 0 Å². The Morgan fingerprint density at radius 1 is 1.17 bits per heavy atom. The third kappa shape index (κ3) is 4.93.